The summed E-state index contributed by atoms with van der Waals surface area (Å²) in [6, 6.07) is 5.67. The smallest absolute Gasteiger partial charge is 0.309 e. The van der Waals surface area contributed by atoms with Crippen LogP contribution in [-0.4, -0.2) is 27.7 Å². The Labute approximate surface area is 117 Å². The van der Waals surface area contributed by atoms with Crippen LogP contribution in [0.4, 0.5) is 0 Å². The fourth-order valence-electron chi connectivity index (χ4n) is 1.99. The minimum Gasteiger partial charge on any atom is -0.494 e. The number of aromatic nitrogens is 2. The molecule has 1 aromatic heterocycles. The van der Waals surface area contributed by atoms with Crippen molar-refractivity contribution in [1.82, 2.24) is 9.97 Å². The van der Waals surface area contributed by atoms with Crippen LogP contribution in [0.1, 0.15) is 18.2 Å². The first kappa shape index (κ1) is 14.0. The number of rotatable bonds is 5. The van der Waals surface area contributed by atoms with Gasteiger partial charge in [0.05, 0.1) is 24.4 Å². The Morgan fingerprint density at radius 1 is 1.30 bits per heavy atom. The molecule has 1 aromatic carbocycles. The van der Waals surface area contributed by atoms with E-state index in [9.17, 15) is 4.79 Å². The Bertz CT molecular complexity index is 626. The number of carboxylic acids is 1. The molecule has 20 heavy (non-hydrogen) atoms. The van der Waals surface area contributed by atoms with Crippen LogP contribution in [-0.2, 0) is 11.2 Å². The van der Waals surface area contributed by atoms with E-state index in [-0.39, 0.29) is 6.42 Å². The zero-order valence-electron chi connectivity index (χ0n) is 11.5. The number of nitrogens with zero attached hydrogens (tertiary/aromatic N) is 2. The van der Waals surface area contributed by atoms with Crippen molar-refractivity contribution >= 4 is 5.97 Å². The van der Waals surface area contributed by atoms with Gasteiger partial charge in [0.15, 0.2) is 0 Å². The van der Waals surface area contributed by atoms with Crippen LogP contribution in [0.15, 0.2) is 30.6 Å². The lowest BCUT2D eigenvalue weighted by molar-refractivity contribution is -0.136. The summed E-state index contributed by atoms with van der Waals surface area (Å²) < 4.78 is 5.49. The molecule has 1 N–H and O–H groups in total. The molecule has 5 nitrogen and oxygen atoms in total. The summed E-state index contributed by atoms with van der Waals surface area (Å²) in [4.78, 5) is 19.2. The van der Waals surface area contributed by atoms with E-state index >= 15 is 0 Å². The van der Waals surface area contributed by atoms with E-state index in [4.69, 9.17) is 9.84 Å². The molecule has 0 unspecified atom stereocenters. The van der Waals surface area contributed by atoms with Gasteiger partial charge in [0.2, 0.25) is 0 Å². The van der Waals surface area contributed by atoms with E-state index in [2.05, 4.69) is 9.97 Å². The van der Waals surface area contributed by atoms with Crippen molar-refractivity contribution in [2.75, 3.05) is 6.61 Å². The second kappa shape index (κ2) is 6.14. The minimum absolute atomic E-state index is 0.143. The molecule has 0 amide bonds. The summed E-state index contributed by atoms with van der Waals surface area (Å²) in [5, 5.41) is 8.92. The highest BCUT2D eigenvalue weighted by Gasteiger charge is 2.12. The third-order valence-electron chi connectivity index (χ3n) is 2.84. The van der Waals surface area contributed by atoms with E-state index in [1.807, 2.05) is 32.0 Å². The van der Waals surface area contributed by atoms with Gasteiger partial charge in [0.1, 0.15) is 5.75 Å². The molecule has 0 fully saturated rings. The zero-order chi connectivity index (χ0) is 14.5. The van der Waals surface area contributed by atoms with Gasteiger partial charge in [-0.1, -0.05) is 0 Å². The van der Waals surface area contributed by atoms with Crippen LogP contribution in [0.5, 0.6) is 5.75 Å². The van der Waals surface area contributed by atoms with Gasteiger partial charge in [-0.3, -0.25) is 14.8 Å². The molecule has 0 atom stereocenters. The lowest BCUT2D eigenvalue weighted by Crippen LogP contribution is -2.05. The highest BCUT2D eigenvalue weighted by atomic mass is 16.5. The quantitative estimate of drug-likeness (QED) is 0.905. The molecule has 0 bridgehead atoms. The van der Waals surface area contributed by atoms with Gasteiger partial charge >= 0.3 is 5.97 Å². The van der Waals surface area contributed by atoms with Crippen molar-refractivity contribution in [3.05, 3.63) is 41.9 Å². The molecule has 0 spiro atoms. The number of aryl methyl sites for hydroxylation is 1. The van der Waals surface area contributed by atoms with Gasteiger partial charge in [-0.2, -0.15) is 0 Å². The normalized spacial score (nSPS) is 10.3. The average molecular weight is 272 g/mol. The molecular weight excluding hydrogens is 256 g/mol. The maximum atomic E-state index is 10.9. The van der Waals surface area contributed by atoms with Gasteiger partial charge in [0, 0.05) is 18.0 Å². The summed E-state index contributed by atoms with van der Waals surface area (Å²) in [5.74, 6) is -0.102. The molecule has 0 saturated heterocycles. The van der Waals surface area contributed by atoms with Crippen LogP contribution in [0.2, 0.25) is 0 Å². The molecule has 0 saturated carbocycles. The number of aliphatic carboxylic acids is 1. The molecule has 2 rings (SSSR count). The number of carbonyl (C=O) groups is 1. The van der Waals surface area contributed by atoms with Crippen molar-refractivity contribution in [2.24, 2.45) is 0 Å². The Morgan fingerprint density at radius 2 is 2.05 bits per heavy atom. The molecular formula is C15H16N2O3. The van der Waals surface area contributed by atoms with Gasteiger partial charge in [0.25, 0.3) is 0 Å². The van der Waals surface area contributed by atoms with Gasteiger partial charge in [-0.15, -0.1) is 0 Å². The summed E-state index contributed by atoms with van der Waals surface area (Å²) >= 11 is 0. The molecule has 5 heteroatoms. The van der Waals surface area contributed by atoms with Gasteiger partial charge < -0.3 is 9.84 Å². The van der Waals surface area contributed by atoms with Gasteiger partial charge in [-0.05, 0) is 37.6 Å². The Kier molecular flexibility index (Phi) is 4.30. The van der Waals surface area contributed by atoms with Crippen molar-refractivity contribution in [1.29, 1.82) is 0 Å². The van der Waals surface area contributed by atoms with E-state index < -0.39 is 5.97 Å². The Morgan fingerprint density at radius 3 is 2.70 bits per heavy atom. The second-order valence-corrected chi connectivity index (χ2v) is 4.34. The first-order valence-electron chi connectivity index (χ1n) is 6.37. The van der Waals surface area contributed by atoms with Crippen molar-refractivity contribution in [3.63, 3.8) is 0 Å². The third kappa shape index (κ3) is 3.12. The van der Waals surface area contributed by atoms with Crippen LogP contribution in [0.3, 0.4) is 0 Å². The van der Waals surface area contributed by atoms with Crippen LogP contribution in [0.25, 0.3) is 11.3 Å². The number of ether oxygens (including phenoxy) is 1. The lowest BCUT2D eigenvalue weighted by Gasteiger charge is -2.10. The van der Waals surface area contributed by atoms with Crippen molar-refractivity contribution in [2.45, 2.75) is 20.3 Å². The fourth-order valence-corrected chi connectivity index (χ4v) is 1.99. The lowest BCUT2D eigenvalue weighted by atomic mass is 10.0. The monoisotopic (exact) mass is 272 g/mol. The predicted molar refractivity (Wildman–Crippen MR) is 74.7 cm³/mol. The topological polar surface area (TPSA) is 72.3 Å². The fraction of sp³-hybridized carbons (Fsp3) is 0.267. The average Bonchev–Trinajstić information content (AvgIpc) is 2.41. The second-order valence-electron chi connectivity index (χ2n) is 4.34. The van der Waals surface area contributed by atoms with E-state index in [1.54, 1.807) is 6.20 Å². The van der Waals surface area contributed by atoms with E-state index in [0.29, 0.717) is 18.0 Å². The number of benzene rings is 1. The Hall–Kier alpha value is -2.43. The highest BCUT2D eigenvalue weighted by Crippen LogP contribution is 2.26. The third-order valence-corrected chi connectivity index (χ3v) is 2.84. The Balaban J connectivity index is 2.41. The number of hydrogen-bond acceptors (Lipinski definition) is 4. The van der Waals surface area contributed by atoms with Crippen LogP contribution < -0.4 is 4.74 Å². The summed E-state index contributed by atoms with van der Waals surface area (Å²) in [5.41, 5.74) is 2.89. The van der Waals surface area contributed by atoms with Crippen molar-refractivity contribution < 1.29 is 14.6 Å². The maximum absolute atomic E-state index is 10.9. The molecule has 104 valence electrons. The minimum atomic E-state index is -0.922. The zero-order valence-corrected chi connectivity index (χ0v) is 11.5. The molecule has 0 radical (unpaired) electrons. The van der Waals surface area contributed by atoms with Crippen LogP contribution in [0, 0.1) is 6.92 Å². The predicted octanol–water partition coefficient (Wildman–Crippen LogP) is 2.48. The first-order valence-corrected chi connectivity index (χ1v) is 6.37. The highest BCUT2D eigenvalue weighted by molar-refractivity contribution is 5.74. The van der Waals surface area contributed by atoms with E-state index in [0.717, 1.165) is 16.9 Å². The SMILES string of the molecule is CCOc1ccc(-c2nccnc2CC(=O)O)cc1C. The standard InChI is InChI=1S/C15H16N2O3/c1-3-20-13-5-4-11(8-10(13)2)15-12(9-14(18)19)16-6-7-17-15/h4-8H,3,9H2,1-2H3,(H,18,19). The van der Waals surface area contributed by atoms with E-state index in [1.165, 1.54) is 6.20 Å². The summed E-state index contributed by atoms with van der Waals surface area (Å²) in [6.07, 6.45) is 2.92. The molecule has 0 aliphatic heterocycles. The van der Waals surface area contributed by atoms with Gasteiger partial charge in [-0.25, -0.2) is 0 Å². The summed E-state index contributed by atoms with van der Waals surface area (Å²) in [7, 11) is 0. The molecule has 0 aliphatic rings. The largest absolute Gasteiger partial charge is 0.494 e. The molecule has 0 aliphatic carbocycles. The first-order chi connectivity index (χ1) is 9.61. The number of carboxylic acid groups (broad SMARTS) is 1. The molecule has 2 aromatic rings. The number of hydrogen-bond donors (Lipinski definition) is 1. The summed E-state index contributed by atoms with van der Waals surface area (Å²) in [6.45, 7) is 4.48. The van der Waals surface area contributed by atoms with Crippen molar-refractivity contribution in [3.8, 4) is 17.0 Å². The molecule has 1 heterocycles. The van der Waals surface area contributed by atoms with Crippen LogP contribution >= 0.6 is 0 Å². The maximum Gasteiger partial charge on any atom is 0.309 e.